The average Bonchev–Trinajstić information content (AvgIpc) is 3.55. The summed E-state index contributed by atoms with van der Waals surface area (Å²) in [4.78, 5) is 56.9. The summed E-state index contributed by atoms with van der Waals surface area (Å²) in [7, 11) is 0. The van der Waals surface area contributed by atoms with Gasteiger partial charge in [0.25, 0.3) is 0 Å². The van der Waals surface area contributed by atoms with Crippen molar-refractivity contribution in [1.82, 2.24) is 10.2 Å². The van der Waals surface area contributed by atoms with Crippen molar-refractivity contribution in [2.45, 2.75) is 104 Å². The number of hydrogen-bond donors (Lipinski definition) is 1. The van der Waals surface area contributed by atoms with Crippen LogP contribution in [-0.2, 0) is 23.9 Å². The van der Waals surface area contributed by atoms with Crippen molar-refractivity contribution < 1.29 is 28.7 Å². The molecule has 0 radical (unpaired) electrons. The number of para-hydroxylation sites is 1. The predicted octanol–water partition coefficient (Wildman–Crippen LogP) is 4.44. The molecule has 2 heterocycles. The van der Waals surface area contributed by atoms with Crippen molar-refractivity contribution in [3.05, 3.63) is 30.3 Å². The highest BCUT2D eigenvalue weighted by Crippen LogP contribution is 2.45. The minimum Gasteiger partial charge on any atom is -0.458 e. The lowest BCUT2D eigenvalue weighted by atomic mass is 9.84. The first-order chi connectivity index (χ1) is 18.2. The van der Waals surface area contributed by atoms with Crippen LogP contribution in [0.3, 0.4) is 0 Å². The van der Waals surface area contributed by atoms with E-state index in [2.05, 4.69) is 5.32 Å². The molecule has 3 aliphatic rings. The lowest BCUT2D eigenvalue weighted by Gasteiger charge is -2.36. The molecule has 4 rings (SSSR count). The molecule has 9 heteroatoms. The molecule has 3 amide bonds. The molecule has 214 valence electrons. The van der Waals surface area contributed by atoms with Gasteiger partial charge in [0.05, 0.1) is 0 Å². The van der Waals surface area contributed by atoms with Gasteiger partial charge in [0.15, 0.2) is 0 Å². The van der Waals surface area contributed by atoms with Gasteiger partial charge in [-0.25, -0.2) is 9.59 Å². The molecule has 0 unspecified atom stereocenters. The highest BCUT2D eigenvalue weighted by Gasteiger charge is 2.56. The number of amides is 3. The van der Waals surface area contributed by atoms with Gasteiger partial charge in [-0.05, 0) is 70.4 Å². The molecule has 2 aliphatic heterocycles. The lowest BCUT2D eigenvalue weighted by Crippen LogP contribution is -2.57. The van der Waals surface area contributed by atoms with E-state index in [0.29, 0.717) is 13.0 Å². The first-order valence-electron chi connectivity index (χ1n) is 14.0. The Labute approximate surface area is 231 Å². The van der Waals surface area contributed by atoms with Crippen LogP contribution in [0.5, 0.6) is 0 Å². The number of carbonyl (C=O) groups excluding carboxylic acids is 4. The Balaban J connectivity index is 1.59. The normalized spacial score (nSPS) is 24.8. The quantitative estimate of drug-likeness (QED) is 0.553. The lowest BCUT2D eigenvalue weighted by molar-refractivity contribution is -0.164. The Morgan fingerprint density at radius 2 is 1.64 bits per heavy atom. The fraction of sp³-hybridized carbons (Fsp3) is 0.667. The predicted molar refractivity (Wildman–Crippen MR) is 147 cm³/mol. The van der Waals surface area contributed by atoms with Gasteiger partial charge in [-0.2, -0.15) is 0 Å². The Hall–Kier alpha value is -3.10. The van der Waals surface area contributed by atoms with Gasteiger partial charge in [0.1, 0.15) is 23.8 Å². The number of alkyl carbamates (subject to hydrolysis) is 1. The highest BCUT2D eigenvalue weighted by atomic mass is 16.6. The zero-order valence-corrected chi connectivity index (χ0v) is 24.1. The Bertz CT molecular complexity index is 1090. The summed E-state index contributed by atoms with van der Waals surface area (Å²) in [6, 6.07) is 7.64. The van der Waals surface area contributed by atoms with Gasteiger partial charge in [-0.3, -0.25) is 9.59 Å². The molecule has 1 spiro atoms. The van der Waals surface area contributed by atoms with E-state index >= 15 is 0 Å². The molecule has 1 aromatic carbocycles. The van der Waals surface area contributed by atoms with Crippen LogP contribution < -0.4 is 10.2 Å². The standard InChI is InChI=1S/C30H43N3O6/c1-28(2,3)24(31-27(37)38-21-14-10-11-15-21)25(35)33-19-30(16-22(33)26(36)39-29(4,5)6)17-23(34)32(18-30)20-12-8-7-9-13-20/h7-9,12-13,21-22,24H,10-11,14-19H2,1-6H3,(H,31,37)/t22-,24+,30+/m0/s1. The monoisotopic (exact) mass is 541 g/mol. The van der Waals surface area contributed by atoms with E-state index in [9.17, 15) is 19.2 Å². The fourth-order valence-electron chi connectivity index (χ4n) is 5.97. The zero-order chi connectivity index (χ0) is 28.6. The second-order valence-electron chi connectivity index (χ2n) is 13.5. The third kappa shape index (κ3) is 6.73. The Morgan fingerprint density at radius 1 is 1.00 bits per heavy atom. The average molecular weight is 542 g/mol. The highest BCUT2D eigenvalue weighted by molar-refractivity contribution is 5.97. The van der Waals surface area contributed by atoms with Crippen LogP contribution in [0.1, 0.15) is 80.1 Å². The van der Waals surface area contributed by atoms with Crippen LogP contribution in [0.4, 0.5) is 10.5 Å². The van der Waals surface area contributed by atoms with Crippen molar-refractivity contribution in [3.8, 4) is 0 Å². The second kappa shape index (κ2) is 10.8. The van der Waals surface area contributed by atoms with Gasteiger partial charge in [-0.15, -0.1) is 0 Å². The fourth-order valence-corrected chi connectivity index (χ4v) is 5.97. The largest absolute Gasteiger partial charge is 0.458 e. The molecule has 2 saturated heterocycles. The first-order valence-corrected chi connectivity index (χ1v) is 14.0. The molecule has 9 nitrogen and oxygen atoms in total. The Morgan fingerprint density at radius 3 is 2.23 bits per heavy atom. The summed E-state index contributed by atoms with van der Waals surface area (Å²) in [6.45, 7) is 11.6. The zero-order valence-electron chi connectivity index (χ0n) is 24.1. The van der Waals surface area contributed by atoms with Crippen molar-refractivity contribution in [3.63, 3.8) is 0 Å². The second-order valence-corrected chi connectivity index (χ2v) is 13.5. The maximum Gasteiger partial charge on any atom is 0.408 e. The first kappa shape index (κ1) is 28.9. The van der Waals surface area contributed by atoms with Crippen LogP contribution >= 0.6 is 0 Å². The summed E-state index contributed by atoms with van der Waals surface area (Å²) >= 11 is 0. The van der Waals surface area contributed by atoms with Crippen LogP contribution in [-0.4, -0.2) is 65.7 Å². The third-order valence-electron chi connectivity index (χ3n) is 7.81. The molecule has 1 N–H and O–H groups in total. The number of likely N-dealkylation sites (tertiary alicyclic amines) is 1. The number of carbonyl (C=O) groups is 4. The summed E-state index contributed by atoms with van der Waals surface area (Å²) in [6.07, 6.45) is 3.46. The summed E-state index contributed by atoms with van der Waals surface area (Å²) in [5.41, 5.74) is -1.20. The minimum atomic E-state index is -0.922. The number of nitrogens with zero attached hydrogens (tertiary/aromatic N) is 2. The summed E-state index contributed by atoms with van der Waals surface area (Å²) in [5, 5.41) is 2.81. The maximum absolute atomic E-state index is 14.2. The van der Waals surface area contributed by atoms with E-state index in [4.69, 9.17) is 9.47 Å². The molecular weight excluding hydrogens is 498 g/mol. The van der Waals surface area contributed by atoms with Crippen LogP contribution in [0.15, 0.2) is 30.3 Å². The van der Waals surface area contributed by atoms with Crippen molar-refractivity contribution in [2.75, 3.05) is 18.0 Å². The number of anilines is 1. The number of esters is 1. The number of rotatable bonds is 5. The van der Waals surface area contributed by atoms with E-state index in [1.807, 2.05) is 51.1 Å². The summed E-state index contributed by atoms with van der Waals surface area (Å²) in [5.74, 6) is -0.909. The van der Waals surface area contributed by atoms with E-state index in [0.717, 1.165) is 31.4 Å². The SMILES string of the molecule is CC(C)(C)OC(=O)[C@@H]1C[C@]2(CC(=O)N(c3ccccc3)C2)CN1C(=O)[C@@H](NC(=O)OC1CCCC1)C(C)(C)C. The van der Waals surface area contributed by atoms with Gasteiger partial charge in [0.2, 0.25) is 11.8 Å². The summed E-state index contributed by atoms with van der Waals surface area (Å²) < 4.78 is 11.3. The molecule has 3 atom stereocenters. The maximum atomic E-state index is 14.2. The van der Waals surface area contributed by atoms with Crippen molar-refractivity contribution >= 4 is 29.6 Å². The molecule has 0 bridgehead atoms. The number of hydrogen-bond acceptors (Lipinski definition) is 6. The van der Waals surface area contributed by atoms with Gasteiger partial charge in [0, 0.05) is 30.6 Å². The van der Waals surface area contributed by atoms with E-state index in [1.165, 1.54) is 4.90 Å². The molecule has 39 heavy (non-hydrogen) atoms. The molecule has 0 aromatic heterocycles. The van der Waals surface area contributed by atoms with E-state index < -0.39 is 40.6 Å². The van der Waals surface area contributed by atoms with Gasteiger partial charge < -0.3 is 24.6 Å². The van der Waals surface area contributed by atoms with Gasteiger partial charge >= 0.3 is 12.1 Å². The van der Waals surface area contributed by atoms with E-state index in [1.54, 1.807) is 25.7 Å². The van der Waals surface area contributed by atoms with Crippen molar-refractivity contribution in [1.29, 1.82) is 0 Å². The van der Waals surface area contributed by atoms with E-state index in [-0.39, 0.29) is 30.9 Å². The van der Waals surface area contributed by atoms with Crippen LogP contribution in [0.25, 0.3) is 0 Å². The van der Waals surface area contributed by atoms with Crippen LogP contribution in [0.2, 0.25) is 0 Å². The third-order valence-corrected chi connectivity index (χ3v) is 7.81. The smallest absolute Gasteiger partial charge is 0.408 e. The molecule has 3 fully saturated rings. The molecular formula is C30H43N3O6. The van der Waals surface area contributed by atoms with Crippen molar-refractivity contribution in [2.24, 2.45) is 10.8 Å². The molecule has 1 saturated carbocycles. The number of benzene rings is 1. The topological polar surface area (TPSA) is 105 Å². The van der Waals surface area contributed by atoms with Gasteiger partial charge in [-0.1, -0.05) is 39.0 Å². The number of ether oxygens (including phenoxy) is 2. The minimum absolute atomic E-state index is 0.0379. The number of nitrogens with one attached hydrogen (secondary N) is 1. The van der Waals surface area contributed by atoms with Crippen LogP contribution in [0, 0.1) is 10.8 Å². The Kier molecular flexibility index (Phi) is 8.01. The molecule has 1 aliphatic carbocycles. The molecule has 1 aromatic rings.